The molecule has 0 radical (unpaired) electrons. The van der Waals surface area contributed by atoms with Gasteiger partial charge in [0.25, 0.3) is 5.91 Å². The number of amidine groups is 1. The number of amides is 1. The molecule has 0 bridgehead atoms. The van der Waals surface area contributed by atoms with Crippen molar-refractivity contribution in [2.75, 3.05) is 13.1 Å². The summed E-state index contributed by atoms with van der Waals surface area (Å²) in [5, 5.41) is 4.66. The van der Waals surface area contributed by atoms with Crippen LogP contribution in [0.1, 0.15) is 26.3 Å². The van der Waals surface area contributed by atoms with Crippen molar-refractivity contribution in [3.05, 3.63) is 45.5 Å². The van der Waals surface area contributed by atoms with Crippen LogP contribution < -0.4 is 5.32 Å². The molecule has 1 aromatic rings. The first kappa shape index (κ1) is 16.4. The number of halogens is 1. The molecule has 0 spiro atoms. The Balaban J connectivity index is 1.56. The maximum Gasteiger partial charge on any atom is 0.259 e. The van der Waals surface area contributed by atoms with E-state index < -0.39 is 0 Å². The number of hydrogen-bond donors (Lipinski definition) is 1. The average Bonchev–Trinajstić information content (AvgIpc) is 2.95. The van der Waals surface area contributed by atoms with Crippen LogP contribution in [0.15, 0.2) is 39.9 Å². The molecule has 4 nitrogen and oxygen atoms in total. The number of carbonyl (C=O) groups is 1. The fourth-order valence-electron chi connectivity index (χ4n) is 2.70. The fraction of sp³-hybridized carbons (Fsp3) is 0.412. The first-order valence-corrected chi connectivity index (χ1v) is 8.84. The van der Waals surface area contributed by atoms with Gasteiger partial charge in [-0.15, -0.1) is 0 Å². The van der Waals surface area contributed by atoms with E-state index in [2.05, 4.69) is 29.1 Å². The molecule has 0 saturated heterocycles. The Labute approximate surface area is 146 Å². The van der Waals surface area contributed by atoms with Crippen LogP contribution in [-0.2, 0) is 11.2 Å². The standard InChI is InChI=1S/C17H20ClN3OS/c1-11-14(23-16-20-17(2,3)10-21(11)16)15(22)19-9-8-12-4-6-13(18)7-5-12/h4-7H,8-10H2,1-3H3,(H,19,22). The largest absolute Gasteiger partial charge is 0.351 e. The van der Waals surface area contributed by atoms with E-state index in [0.717, 1.165) is 39.3 Å². The Kier molecular flexibility index (Phi) is 4.43. The van der Waals surface area contributed by atoms with E-state index in [1.165, 1.54) is 11.8 Å². The molecule has 0 unspecified atom stereocenters. The quantitative estimate of drug-likeness (QED) is 0.905. The van der Waals surface area contributed by atoms with Crippen LogP contribution in [0.2, 0.25) is 5.02 Å². The van der Waals surface area contributed by atoms with Gasteiger partial charge in [0.05, 0.1) is 10.4 Å². The number of aliphatic imine (C=N–C) groups is 1. The van der Waals surface area contributed by atoms with Gasteiger partial charge >= 0.3 is 0 Å². The lowest BCUT2D eigenvalue weighted by Crippen LogP contribution is -2.29. The summed E-state index contributed by atoms with van der Waals surface area (Å²) in [4.78, 5) is 20.0. The number of nitrogens with zero attached hydrogens (tertiary/aromatic N) is 2. The number of allylic oxidation sites excluding steroid dienone is 1. The Morgan fingerprint density at radius 3 is 2.74 bits per heavy atom. The highest BCUT2D eigenvalue weighted by atomic mass is 35.5. The van der Waals surface area contributed by atoms with Crippen molar-refractivity contribution >= 4 is 34.4 Å². The molecule has 23 heavy (non-hydrogen) atoms. The summed E-state index contributed by atoms with van der Waals surface area (Å²) in [7, 11) is 0. The minimum Gasteiger partial charge on any atom is -0.351 e. The number of hydrogen-bond acceptors (Lipinski definition) is 4. The van der Waals surface area contributed by atoms with Gasteiger partial charge in [-0.25, -0.2) is 0 Å². The highest BCUT2D eigenvalue weighted by Gasteiger charge is 2.39. The maximum atomic E-state index is 12.4. The predicted octanol–water partition coefficient (Wildman–Crippen LogP) is 3.43. The van der Waals surface area contributed by atoms with Crippen molar-refractivity contribution < 1.29 is 4.79 Å². The van der Waals surface area contributed by atoms with Gasteiger partial charge in [0.1, 0.15) is 0 Å². The summed E-state index contributed by atoms with van der Waals surface area (Å²) in [6.07, 6.45) is 0.789. The van der Waals surface area contributed by atoms with Crippen molar-refractivity contribution in [3.63, 3.8) is 0 Å². The Bertz CT molecular complexity index is 694. The van der Waals surface area contributed by atoms with Crippen LogP contribution in [-0.4, -0.2) is 34.6 Å². The molecule has 2 aliphatic heterocycles. The maximum absolute atomic E-state index is 12.4. The second-order valence-corrected chi connectivity index (χ2v) is 7.86. The molecule has 2 heterocycles. The molecule has 0 saturated carbocycles. The van der Waals surface area contributed by atoms with Crippen LogP contribution in [0, 0.1) is 0 Å². The van der Waals surface area contributed by atoms with E-state index >= 15 is 0 Å². The second kappa shape index (κ2) is 6.21. The van der Waals surface area contributed by atoms with E-state index in [4.69, 9.17) is 11.6 Å². The number of thioether (sulfide) groups is 1. The first-order chi connectivity index (χ1) is 10.9. The number of fused-ring (bicyclic) bond motifs is 1. The van der Waals surface area contributed by atoms with Gasteiger partial charge in [-0.3, -0.25) is 9.79 Å². The molecule has 1 N–H and O–H groups in total. The monoisotopic (exact) mass is 349 g/mol. The van der Waals surface area contributed by atoms with Crippen LogP contribution in [0.3, 0.4) is 0 Å². The van der Waals surface area contributed by atoms with E-state index in [1.54, 1.807) is 0 Å². The number of carbonyl (C=O) groups excluding carboxylic acids is 1. The van der Waals surface area contributed by atoms with Crippen LogP contribution in [0.25, 0.3) is 0 Å². The third-order valence-electron chi connectivity index (χ3n) is 3.92. The summed E-state index contributed by atoms with van der Waals surface area (Å²) >= 11 is 7.34. The molecule has 6 heteroatoms. The van der Waals surface area contributed by atoms with Gasteiger partial charge in [0.2, 0.25) is 0 Å². The van der Waals surface area contributed by atoms with E-state index in [-0.39, 0.29) is 11.4 Å². The second-order valence-electron chi connectivity index (χ2n) is 6.44. The summed E-state index contributed by atoms with van der Waals surface area (Å²) in [6.45, 7) is 7.65. The van der Waals surface area contributed by atoms with Gasteiger partial charge in [0.15, 0.2) is 5.17 Å². The minimum atomic E-state index is -0.0693. The van der Waals surface area contributed by atoms with Crippen molar-refractivity contribution in [1.29, 1.82) is 0 Å². The third kappa shape index (κ3) is 3.56. The van der Waals surface area contributed by atoms with Crippen LogP contribution in [0.5, 0.6) is 0 Å². The van der Waals surface area contributed by atoms with Crippen molar-refractivity contribution in [2.45, 2.75) is 32.7 Å². The van der Waals surface area contributed by atoms with Gasteiger partial charge < -0.3 is 10.2 Å². The highest BCUT2D eigenvalue weighted by molar-refractivity contribution is 8.18. The lowest BCUT2D eigenvalue weighted by atomic mass is 10.1. The molecule has 1 amide bonds. The Morgan fingerprint density at radius 2 is 2.09 bits per heavy atom. The third-order valence-corrected chi connectivity index (χ3v) is 5.35. The molecule has 0 aliphatic carbocycles. The molecule has 2 aliphatic rings. The zero-order valence-corrected chi connectivity index (χ0v) is 15.1. The first-order valence-electron chi connectivity index (χ1n) is 7.64. The molecular formula is C17H20ClN3OS. The van der Waals surface area contributed by atoms with Gasteiger partial charge in [-0.1, -0.05) is 23.7 Å². The zero-order chi connectivity index (χ0) is 16.6. The van der Waals surface area contributed by atoms with Crippen molar-refractivity contribution in [2.24, 2.45) is 4.99 Å². The molecular weight excluding hydrogens is 330 g/mol. The van der Waals surface area contributed by atoms with E-state index in [0.29, 0.717) is 6.54 Å². The lowest BCUT2D eigenvalue weighted by molar-refractivity contribution is -0.116. The lowest BCUT2D eigenvalue weighted by Gasteiger charge is -2.19. The molecule has 0 atom stereocenters. The topological polar surface area (TPSA) is 44.7 Å². The zero-order valence-electron chi connectivity index (χ0n) is 13.5. The van der Waals surface area contributed by atoms with E-state index in [9.17, 15) is 4.79 Å². The van der Waals surface area contributed by atoms with Crippen LogP contribution >= 0.6 is 23.4 Å². The molecule has 0 fully saturated rings. The average molecular weight is 350 g/mol. The Morgan fingerprint density at radius 1 is 1.39 bits per heavy atom. The summed E-state index contributed by atoms with van der Waals surface area (Å²) in [6, 6.07) is 7.70. The normalized spacial score (nSPS) is 19.0. The number of benzene rings is 1. The number of nitrogens with one attached hydrogen (secondary N) is 1. The summed E-state index contributed by atoms with van der Waals surface area (Å²) in [5.74, 6) is -0.0173. The summed E-state index contributed by atoms with van der Waals surface area (Å²) < 4.78 is 0. The number of rotatable bonds is 4. The molecule has 1 aromatic carbocycles. The molecule has 3 rings (SSSR count). The fourth-order valence-corrected chi connectivity index (χ4v) is 4.04. The van der Waals surface area contributed by atoms with Gasteiger partial charge in [0, 0.05) is 23.8 Å². The SMILES string of the molecule is CC1=C(C(=O)NCCc2ccc(Cl)cc2)SC2=NC(C)(C)CN21. The minimum absolute atomic E-state index is 0.0173. The van der Waals surface area contributed by atoms with E-state index in [1.807, 2.05) is 31.2 Å². The predicted molar refractivity (Wildman–Crippen MR) is 96.7 cm³/mol. The van der Waals surface area contributed by atoms with Crippen LogP contribution in [0.4, 0.5) is 0 Å². The highest BCUT2D eigenvalue weighted by Crippen LogP contribution is 2.40. The smallest absolute Gasteiger partial charge is 0.259 e. The molecule has 0 aromatic heterocycles. The van der Waals surface area contributed by atoms with Gasteiger partial charge in [-0.05, 0) is 56.7 Å². The van der Waals surface area contributed by atoms with Crippen molar-refractivity contribution in [1.82, 2.24) is 10.2 Å². The van der Waals surface area contributed by atoms with Crippen molar-refractivity contribution in [3.8, 4) is 0 Å². The Hall–Kier alpha value is -1.46. The summed E-state index contributed by atoms with van der Waals surface area (Å²) in [5.41, 5.74) is 2.09. The molecule has 122 valence electrons. The van der Waals surface area contributed by atoms with Gasteiger partial charge in [-0.2, -0.15) is 0 Å².